The molecule has 4 nitrogen and oxygen atoms in total. The van der Waals surface area contributed by atoms with Crippen molar-refractivity contribution in [2.75, 3.05) is 5.32 Å². The quantitative estimate of drug-likeness (QED) is 0.805. The van der Waals surface area contributed by atoms with Crippen LogP contribution >= 0.6 is 0 Å². The van der Waals surface area contributed by atoms with Crippen molar-refractivity contribution in [1.29, 1.82) is 0 Å². The number of nitrogens with zero attached hydrogens (tertiary/aromatic N) is 1. The Morgan fingerprint density at radius 3 is 2.45 bits per heavy atom. The Hall–Kier alpha value is -2.88. The van der Waals surface area contributed by atoms with Crippen LogP contribution in [0.5, 0.6) is 0 Å². The van der Waals surface area contributed by atoms with Crippen molar-refractivity contribution in [3.8, 4) is 0 Å². The van der Waals surface area contributed by atoms with Crippen molar-refractivity contribution in [3.63, 3.8) is 0 Å². The Kier molecular flexibility index (Phi) is 3.74. The van der Waals surface area contributed by atoms with Gasteiger partial charge in [-0.1, -0.05) is 36.4 Å². The summed E-state index contributed by atoms with van der Waals surface area (Å²) < 4.78 is 1.62. The summed E-state index contributed by atoms with van der Waals surface area (Å²) in [7, 11) is 0. The maximum Gasteiger partial charge on any atom is 0.263 e. The zero-order valence-corrected chi connectivity index (χ0v) is 12.2. The van der Waals surface area contributed by atoms with Crippen LogP contribution in [0, 0.1) is 0 Å². The van der Waals surface area contributed by atoms with E-state index in [1.807, 2.05) is 49.4 Å². The maximum atomic E-state index is 12.5. The number of hydrogen-bond donors (Lipinski definition) is 1. The van der Waals surface area contributed by atoms with Crippen molar-refractivity contribution in [2.45, 2.75) is 13.5 Å². The average Bonchev–Trinajstić information content (AvgIpc) is 2.55. The predicted molar refractivity (Wildman–Crippen MR) is 88.3 cm³/mol. The molecule has 1 heterocycles. The molecule has 1 amide bonds. The van der Waals surface area contributed by atoms with Crippen molar-refractivity contribution in [3.05, 3.63) is 76.6 Å². The molecule has 3 aromatic rings. The summed E-state index contributed by atoms with van der Waals surface area (Å²) >= 11 is 0. The van der Waals surface area contributed by atoms with E-state index in [-0.39, 0.29) is 17.0 Å². The van der Waals surface area contributed by atoms with Crippen LogP contribution in [-0.2, 0) is 6.54 Å². The third-order valence-corrected chi connectivity index (χ3v) is 3.60. The van der Waals surface area contributed by atoms with E-state index in [1.165, 1.54) is 0 Å². The van der Waals surface area contributed by atoms with Crippen LogP contribution in [0.2, 0.25) is 0 Å². The number of rotatable bonds is 3. The number of carbonyl (C=O) groups is 1. The minimum Gasteiger partial charge on any atom is -0.322 e. The topological polar surface area (TPSA) is 51.1 Å². The Morgan fingerprint density at radius 2 is 1.73 bits per heavy atom. The third kappa shape index (κ3) is 2.51. The highest BCUT2D eigenvalue weighted by Crippen LogP contribution is 2.14. The Balaban J connectivity index is 2.09. The van der Waals surface area contributed by atoms with E-state index >= 15 is 0 Å². The highest BCUT2D eigenvalue weighted by molar-refractivity contribution is 6.05. The molecule has 0 spiro atoms. The van der Waals surface area contributed by atoms with Crippen LogP contribution in [0.3, 0.4) is 0 Å². The zero-order valence-electron chi connectivity index (χ0n) is 12.2. The molecule has 4 heteroatoms. The van der Waals surface area contributed by atoms with Crippen LogP contribution in [0.15, 0.2) is 65.5 Å². The lowest BCUT2D eigenvalue weighted by molar-refractivity contribution is 0.102. The van der Waals surface area contributed by atoms with E-state index in [0.29, 0.717) is 12.2 Å². The molecule has 0 aliphatic carbocycles. The van der Waals surface area contributed by atoms with Gasteiger partial charge in [0.2, 0.25) is 0 Å². The van der Waals surface area contributed by atoms with Crippen molar-refractivity contribution >= 4 is 22.5 Å². The molecule has 2 aromatic carbocycles. The second-order valence-corrected chi connectivity index (χ2v) is 4.99. The molecular weight excluding hydrogens is 276 g/mol. The Morgan fingerprint density at radius 1 is 1.05 bits per heavy atom. The van der Waals surface area contributed by atoms with Gasteiger partial charge in [-0.2, -0.15) is 0 Å². The predicted octanol–water partition coefficient (Wildman–Crippen LogP) is 3.27. The van der Waals surface area contributed by atoms with E-state index in [1.54, 1.807) is 22.8 Å². The fourth-order valence-corrected chi connectivity index (χ4v) is 2.52. The van der Waals surface area contributed by atoms with Gasteiger partial charge in [-0.15, -0.1) is 0 Å². The van der Waals surface area contributed by atoms with Crippen LogP contribution < -0.4 is 10.9 Å². The first-order valence-corrected chi connectivity index (χ1v) is 7.19. The normalized spacial score (nSPS) is 10.6. The number of benzene rings is 2. The first-order valence-electron chi connectivity index (χ1n) is 7.19. The van der Waals surface area contributed by atoms with Gasteiger partial charge in [0.15, 0.2) is 0 Å². The molecule has 0 saturated carbocycles. The number of fused-ring (bicyclic) bond motifs is 1. The maximum absolute atomic E-state index is 12.5. The van der Waals surface area contributed by atoms with Crippen LogP contribution in [-0.4, -0.2) is 10.5 Å². The van der Waals surface area contributed by atoms with Gasteiger partial charge in [0.25, 0.3) is 11.5 Å². The van der Waals surface area contributed by atoms with Crippen LogP contribution in [0.4, 0.5) is 5.69 Å². The molecule has 3 rings (SSSR count). The van der Waals surface area contributed by atoms with E-state index in [4.69, 9.17) is 0 Å². The molecule has 0 aliphatic rings. The lowest BCUT2D eigenvalue weighted by atomic mass is 10.1. The Labute approximate surface area is 128 Å². The smallest absolute Gasteiger partial charge is 0.263 e. The lowest BCUT2D eigenvalue weighted by Crippen LogP contribution is -2.29. The number of amides is 1. The highest BCUT2D eigenvalue weighted by Gasteiger charge is 2.15. The van der Waals surface area contributed by atoms with Gasteiger partial charge in [0, 0.05) is 12.2 Å². The SMILES string of the molecule is CCn1c(=O)c(C(=O)Nc2ccccc2)cc2ccccc21. The molecule has 1 N–H and O–H groups in total. The van der Waals surface area contributed by atoms with Crippen molar-refractivity contribution in [2.24, 2.45) is 0 Å². The molecule has 0 atom stereocenters. The molecule has 22 heavy (non-hydrogen) atoms. The van der Waals surface area contributed by atoms with Gasteiger partial charge >= 0.3 is 0 Å². The fraction of sp³-hybridized carbons (Fsp3) is 0.111. The van der Waals surface area contributed by atoms with Gasteiger partial charge in [-0.05, 0) is 36.6 Å². The number of carbonyl (C=O) groups excluding carboxylic acids is 1. The second-order valence-electron chi connectivity index (χ2n) is 4.99. The molecule has 0 bridgehead atoms. The number of aromatic nitrogens is 1. The molecule has 0 fully saturated rings. The molecule has 110 valence electrons. The third-order valence-electron chi connectivity index (χ3n) is 3.60. The summed E-state index contributed by atoms with van der Waals surface area (Å²) in [6, 6.07) is 18.3. The number of anilines is 1. The number of hydrogen-bond acceptors (Lipinski definition) is 2. The molecule has 1 aromatic heterocycles. The molecular formula is C18H16N2O2. The first-order chi connectivity index (χ1) is 10.7. The number of nitrogens with one attached hydrogen (secondary N) is 1. The minimum absolute atomic E-state index is 0.157. The molecule has 0 unspecified atom stereocenters. The Bertz CT molecular complexity index is 882. The summed E-state index contributed by atoms with van der Waals surface area (Å²) in [5, 5.41) is 3.64. The fourth-order valence-electron chi connectivity index (χ4n) is 2.52. The minimum atomic E-state index is -0.385. The van der Waals surface area contributed by atoms with E-state index in [9.17, 15) is 9.59 Å². The van der Waals surface area contributed by atoms with Crippen LogP contribution in [0.25, 0.3) is 10.9 Å². The standard InChI is InChI=1S/C18H16N2O2/c1-2-20-16-11-7-6-8-13(16)12-15(18(20)22)17(21)19-14-9-4-3-5-10-14/h3-12H,2H2,1H3,(H,19,21). The monoisotopic (exact) mass is 292 g/mol. The van der Waals surface area contributed by atoms with E-state index < -0.39 is 0 Å². The highest BCUT2D eigenvalue weighted by atomic mass is 16.2. The summed E-state index contributed by atoms with van der Waals surface area (Å²) in [6.07, 6.45) is 0. The zero-order chi connectivity index (χ0) is 15.5. The second kappa shape index (κ2) is 5.85. The average molecular weight is 292 g/mol. The van der Waals surface area contributed by atoms with Gasteiger partial charge in [-0.3, -0.25) is 9.59 Å². The van der Waals surface area contributed by atoms with Gasteiger partial charge in [0.05, 0.1) is 5.52 Å². The number of pyridine rings is 1. The van der Waals surface area contributed by atoms with Crippen molar-refractivity contribution in [1.82, 2.24) is 4.57 Å². The summed E-state index contributed by atoms with van der Waals surface area (Å²) in [5.74, 6) is -0.385. The largest absolute Gasteiger partial charge is 0.322 e. The number of aryl methyl sites for hydroxylation is 1. The van der Waals surface area contributed by atoms with Gasteiger partial charge < -0.3 is 9.88 Å². The van der Waals surface area contributed by atoms with E-state index in [0.717, 1.165) is 10.9 Å². The summed E-state index contributed by atoms with van der Waals surface area (Å²) in [5.41, 5.74) is 1.40. The van der Waals surface area contributed by atoms with Crippen LogP contribution in [0.1, 0.15) is 17.3 Å². The molecule has 0 saturated heterocycles. The first kappa shape index (κ1) is 14.1. The molecule has 0 radical (unpaired) electrons. The summed E-state index contributed by atoms with van der Waals surface area (Å²) in [6.45, 7) is 2.42. The van der Waals surface area contributed by atoms with Gasteiger partial charge in [-0.25, -0.2) is 0 Å². The molecule has 0 aliphatic heterocycles. The van der Waals surface area contributed by atoms with Crippen molar-refractivity contribution < 1.29 is 4.79 Å². The summed E-state index contributed by atoms with van der Waals surface area (Å²) in [4.78, 5) is 25.0. The van der Waals surface area contributed by atoms with E-state index in [2.05, 4.69) is 5.32 Å². The number of para-hydroxylation sites is 2. The lowest BCUT2D eigenvalue weighted by Gasteiger charge is -2.11. The van der Waals surface area contributed by atoms with Gasteiger partial charge in [0.1, 0.15) is 5.56 Å².